The first-order valence-electron chi connectivity index (χ1n) is 10.7. The Morgan fingerprint density at radius 2 is 1.12 bits per heavy atom. The van der Waals surface area contributed by atoms with E-state index in [-0.39, 0.29) is 34.7 Å². The van der Waals surface area contributed by atoms with Crippen molar-refractivity contribution >= 4 is 12.2 Å². The van der Waals surface area contributed by atoms with E-state index >= 15 is 0 Å². The van der Waals surface area contributed by atoms with Crippen molar-refractivity contribution in [2.24, 2.45) is 0 Å². The standard InChI is InChI=1S/C28H22O6/c29-20-6-4-18(5-7-20)28-27(19-12-23(32)15-24(33)13-19)25-11-16(3-8-26(25)34-28)1-2-17-9-21(30)14-22(31)10-17/h1-15,27-33H/b2-1+/t27-,28+/m0/s1. The van der Waals surface area contributed by atoms with Gasteiger partial charge in [0, 0.05) is 17.7 Å². The summed E-state index contributed by atoms with van der Waals surface area (Å²) in [7, 11) is 0. The predicted molar refractivity (Wildman–Crippen MR) is 128 cm³/mol. The lowest BCUT2D eigenvalue weighted by Gasteiger charge is -2.20. The lowest BCUT2D eigenvalue weighted by Crippen LogP contribution is -2.11. The van der Waals surface area contributed by atoms with Gasteiger partial charge in [0.05, 0.1) is 5.92 Å². The number of ether oxygens (including phenoxy) is 1. The normalized spacial score (nSPS) is 16.9. The zero-order chi connectivity index (χ0) is 23.8. The van der Waals surface area contributed by atoms with Crippen LogP contribution in [0.15, 0.2) is 78.9 Å². The predicted octanol–water partition coefficient (Wildman–Crippen LogP) is 5.65. The highest BCUT2D eigenvalue weighted by Gasteiger charge is 2.37. The molecule has 170 valence electrons. The maximum atomic E-state index is 10.1. The molecule has 0 aromatic heterocycles. The van der Waals surface area contributed by atoms with Crippen LogP contribution in [0, 0.1) is 0 Å². The summed E-state index contributed by atoms with van der Waals surface area (Å²) in [6.07, 6.45) is 3.21. The van der Waals surface area contributed by atoms with E-state index in [1.54, 1.807) is 54.6 Å². The summed E-state index contributed by atoms with van der Waals surface area (Å²) >= 11 is 0. The van der Waals surface area contributed by atoms with Gasteiger partial charge in [-0.05, 0) is 70.8 Å². The molecule has 2 atom stereocenters. The van der Waals surface area contributed by atoms with Gasteiger partial charge in [-0.25, -0.2) is 0 Å². The molecule has 1 aliphatic heterocycles. The molecule has 0 aliphatic carbocycles. The van der Waals surface area contributed by atoms with Gasteiger partial charge >= 0.3 is 0 Å². The molecule has 6 heteroatoms. The molecule has 34 heavy (non-hydrogen) atoms. The number of rotatable bonds is 4. The molecule has 6 nitrogen and oxygen atoms in total. The fraction of sp³-hybridized carbons (Fsp3) is 0.0714. The van der Waals surface area contributed by atoms with Gasteiger partial charge in [-0.15, -0.1) is 0 Å². The molecule has 4 aromatic carbocycles. The van der Waals surface area contributed by atoms with Crippen LogP contribution in [-0.2, 0) is 0 Å². The summed E-state index contributed by atoms with van der Waals surface area (Å²) in [5.74, 6) is 0.357. The lowest BCUT2D eigenvalue weighted by molar-refractivity contribution is 0.222. The van der Waals surface area contributed by atoms with Crippen LogP contribution in [0.2, 0.25) is 0 Å². The van der Waals surface area contributed by atoms with Crippen LogP contribution in [0.1, 0.15) is 39.8 Å². The van der Waals surface area contributed by atoms with Crippen molar-refractivity contribution in [3.8, 4) is 34.5 Å². The largest absolute Gasteiger partial charge is 0.508 e. The van der Waals surface area contributed by atoms with Crippen LogP contribution in [-0.4, -0.2) is 25.5 Å². The van der Waals surface area contributed by atoms with E-state index in [1.165, 1.54) is 12.1 Å². The second-order valence-corrected chi connectivity index (χ2v) is 8.30. The number of aromatic hydroxyl groups is 5. The third-order valence-electron chi connectivity index (χ3n) is 5.82. The molecule has 4 aromatic rings. The monoisotopic (exact) mass is 454 g/mol. The number of hydrogen-bond acceptors (Lipinski definition) is 6. The van der Waals surface area contributed by atoms with Crippen LogP contribution in [0.3, 0.4) is 0 Å². The Morgan fingerprint density at radius 3 is 1.76 bits per heavy atom. The van der Waals surface area contributed by atoms with E-state index in [4.69, 9.17) is 4.74 Å². The van der Waals surface area contributed by atoms with Gasteiger partial charge in [0.1, 0.15) is 40.6 Å². The van der Waals surface area contributed by atoms with Crippen LogP contribution in [0.4, 0.5) is 0 Å². The first-order valence-corrected chi connectivity index (χ1v) is 10.7. The van der Waals surface area contributed by atoms with Gasteiger partial charge < -0.3 is 30.3 Å². The maximum absolute atomic E-state index is 10.1. The van der Waals surface area contributed by atoms with Crippen molar-refractivity contribution in [1.29, 1.82) is 0 Å². The summed E-state index contributed by atoms with van der Waals surface area (Å²) in [6.45, 7) is 0. The highest BCUT2D eigenvalue weighted by Crippen LogP contribution is 2.51. The van der Waals surface area contributed by atoms with Crippen molar-refractivity contribution in [1.82, 2.24) is 0 Å². The Bertz CT molecular complexity index is 1350. The molecule has 5 N–H and O–H groups in total. The summed E-state index contributed by atoms with van der Waals surface area (Å²) < 4.78 is 6.29. The number of phenolic OH excluding ortho intramolecular Hbond substituents is 5. The third kappa shape index (κ3) is 4.21. The molecule has 0 saturated heterocycles. The van der Waals surface area contributed by atoms with Crippen molar-refractivity contribution in [3.05, 3.63) is 107 Å². The Hall–Kier alpha value is -4.58. The van der Waals surface area contributed by atoms with Gasteiger partial charge in [0.25, 0.3) is 0 Å². The van der Waals surface area contributed by atoms with Gasteiger partial charge in [0.15, 0.2) is 0 Å². The lowest BCUT2D eigenvalue weighted by atomic mass is 9.84. The van der Waals surface area contributed by atoms with E-state index in [0.29, 0.717) is 16.9 Å². The SMILES string of the molecule is Oc1ccc([C@H]2Oc3ccc(/C=C/c4cc(O)cc(O)c4)cc3[C@@H]2c2cc(O)cc(O)c2)cc1. The highest BCUT2D eigenvalue weighted by molar-refractivity contribution is 5.72. The minimum atomic E-state index is -0.431. The smallest absolute Gasteiger partial charge is 0.135 e. The molecule has 1 aliphatic rings. The van der Waals surface area contributed by atoms with Crippen molar-refractivity contribution in [2.45, 2.75) is 12.0 Å². The molecule has 0 fully saturated rings. The second kappa shape index (κ2) is 8.41. The van der Waals surface area contributed by atoms with Gasteiger partial charge in [-0.1, -0.05) is 30.4 Å². The minimum Gasteiger partial charge on any atom is -0.508 e. The van der Waals surface area contributed by atoms with Crippen LogP contribution in [0.5, 0.6) is 34.5 Å². The van der Waals surface area contributed by atoms with Crippen LogP contribution < -0.4 is 4.74 Å². The number of benzene rings is 4. The van der Waals surface area contributed by atoms with Gasteiger partial charge in [0.2, 0.25) is 0 Å². The molecule has 0 spiro atoms. The quantitative estimate of drug-likeness (QED) is 0.255. The number of phenols is 5. The zero-order valence-electron chi connectivity index (χ0n) is 18.0. The molecular formula is C28H22O6. The average molecular weight is 454 g/mol. The topological polar surface area (TPSA) is 110 Å². The van der Waals surface area contributed by atoms with E-state index in [0.717, 1.165) is 16.7 Å². The molecule has 0 amide bonds. The average Bonchev–Trinajstić information content (AvgIpc) is 3.15. The second-order valence-electron chi connectivity index (χ2n) is 8.30. The Kier molecular flexibility index (Phi) is 5.26. The van der Waals surface area contributed by atoms with E-state index in [9.17, 15) is 25.5 Å². The minimum absolute atomic E-state index is 0.0255. The Labute approximate surface area is 195 Å². The zero-order valence-corrected chi connectivity index (χ0v) is 18.0. The van der Waals surface area contributed by atoms with E-state index < -0.39 is 6.10 Å². The fourth-order valence-electron chi connectivity index (χ4n) is 4.37. The van der Waals surface area contributed by atoms with Gasteiger partial charge in [-0.2, -0.15) is 0 Å². The first kappa shape index (κ1) is 21.3. The van der Waals surface area contributed by atoms with Crippen molar-refractivity contribution in [3.63, 3.8) is 0 Å². The first-order chi connectivity index (χ1) is 16.4. The Morgan fingerprint density at radius 1 is 0.529 bits per heavy atom. The highest BCUT2D eigenvalue weighted by atomic mass is 16.5. The summed E-state index contributed by atoms with van der Waals surface area (Å²) in [5, 5.41) is 49.4. The summed E-state index contributed by atoms with van der Waals surface area (Å²) in [4.78, 5) is 0. The van der Waals surface area contributed by atoms with Crippen molar-refractivity contribution in [2.75, 3.05) is 0 Å². The number of hydrogen-bond donors (Lipinski definition) is 5. The van der Waals surface area contributed by atoms with Gasteiger partial charge in [-0.3, -0.25) is 0 Å². The van der Waals surface area contributed by atoms with E-state index in [1.807, 2.05) is 24.3 Å². The summed E-state index contributed by atoms with van der Waals surface area (Å²) in [6, 6.07) is 21.4. The third-order valence-corrected chi connectivity index (χ3v) is 5.82. The van der Waals surface area contributed by atoms with Crippen LogP contribution in [0.25, 0.3) is 12.2 Å². The van der Waals surface area contributed by atoms with Crippen LogP contribution >= 0.6 is 0 Å². The Balaban J connectivity index is 1.57. The molecular weight excluding hydrogens is 432 g/mol. The van der Waals surface area contributed by atoms with E-state index in [2.05, 4.69) is 0 Å². The molecule has 0 radical (unpaired) electrons. The maximum Gasteiger partial charge on any atom is 0.135 e. The fourth-order valence-corrected chi connectivity index (χ4v) is 4.37. The molecule has 1 heterocycles. The number of fused-ring (bicyclic) bond motifs is 1. The molecule has 0 bridgehead atoms. The molecule has 5 rings (SSSR count). The summed E-state index contributed by atoms with van der Waals surface area (Å²) in [5.41, 5.74) is 3.92. The van der Waals surface area contributed by atoms with Crippen molar-refractivity contribution < 1.29 is 30.3 Å². The molecule has 0 saturated carbocycles. The molecule has 0 unspecified atom stereocenters.